The summed E-state index contributed by atoms with van der Waals surface area (Å²) in [5, 5.41) is 9.61. The molecule has 0 aliphatic rings. The highest BCUT2D eigenvalue weighted by Gasteiger charge is 2.12. The molecule has 0 fully saturated rings. The van der Waals surface area contributed by atoms with Gasteiger partial charge in [-0.3, -0.25) is 4.79 Å². The predicted octanol–water partition coefficient (Wildman–Crippen LogP) is 5.65. The van der Waals surface area contributed by atoms with E-state index >= 15 is 0 Å². The number of hydrogen-bond donors (Lipinski definition) is 1. The number of aliphatic carboxylic acids is 1. The van der Waals surface area contributed by atoms with E-state index in [9.17, 15) is 4.79 Å². The molecule has 0 spiro atoms. The normalized spacial score (nSPS) is 10.9. The Hall–Kier alpha value is -2.72. The lowest BCUT2D eigenvalue weighted by molar-refractivity contribution is -0.136. The van der Waals surface area contributed by atoms with Gasteiger partial charge in [0.15, 0.2) is 0 Å². The highest BCUT2D eigenvalue weighted by atomic mass is 35.5. The van der Waals surface area contributed by atoms with Crippen molar-refractivity contribution < 1.29 is 14.6 Å². The molecule has 0 unspecified atom stereocenters. The summed E-state index contributed by atoms with van der Waals surface area (Å²) in [5.74, 6) is 0.0376. The van der Waals surface area contributed by atoms with Crippen molar-refractivity contribution in [3.05, 3.63) is 81.6 Å². The van der Waals surface area contributed by atoms with E-state index in [1.54, 1.807) is 0 Å². The van der Waals surface area contributed by atoms with Crippen LogP contribution in [0.25, 0.3) is 5.69 Å². The first kappa shape index (κ1) is 20.0. The maximum atomic E-state index is 10.8. The van der Waals surface area contributed by atoms with Crippen LogP contribution in [0.3, 0.4) is 0 Å². The van der Waals surface area contributed by atoms with Crippen molar-refractivity contribution in [2.75, 3.05) is 0 Å². The highest BCUT2D eigenvalue weighted by molar-refractivity contribution is 6.30. The third-order valence-corrected chi connectivity index (χ3v) is 5.40. The molecule has 0 atom stereocenters. The Balaban J connectivity index is 1.79. The van der Waals surface area contributed by atoms with E-state index in [2.05, 4.69) is 17.6 Å². The minimum atomic E-state index is -0.782. The SMILES string of the molecule is Cc1ccn(-c2ccc(Cl)cc2)c1COc1ccc(CCC(=O)O)c(C)c1C. The molecule has 0 aliphatic heterocycles. The average Bonchev–Trinajstić information content (AvgIpc) is 3.03. The first-order chi connectivity index (χ1) is 13.4. The van der Waals surface area contributed by atoms with Gasteiger partial charge in [-0.2, -0.15) is 0 Å². The molecular formula is C23H24ClNO3. The molecule has 5 heteroatoms. The van der Waals surface area contributed by atoms with Gasteiger partial charge in [-0.05, 0) is 85.8 Å². The summed E-state index contributed by atoms with van der Waals surface area (Å²) in [6.45, 7) is 6.54. The third kappa shape index (κ3) is 4.39. The fourth-order valence-corrected chi connectivity index (χ4v) is 3.38. The lowest BCUT2D eigenvalue weighted by Crippen LogP contribution is -2.07. The zero-order valence-electron chi connectivity index (χ0n) is 16.3. The van der Waals surface area contributed by atoms with E-state index in [0.717, 1.165) is 39.4 Å². The number of carboxylic acids is 1. The Labute approximate surface area is 170 Å². The lowest BCUT2D eigenvalue weighted by atomic mass is 9.99. The Bertz CT molecular complexity index is 990. The quantitative estimate of drug-likeness (QED) is 0.560. The highest BCUT2D eigenvalue weighted by Crippen LogP contribution is 2.27. The summed E-state index contributed by atoms with van der Waals surface area (Å²) in [4.78, 5) is 10.8. The molecule has 0 amide bonds. The first-order valence-corrected chi connectivity index (χ1v) is 9.61. The average molecular weight is 398 g/mol. The number of halogens is 1. The van der Waals surface area contributed by atoms with Crippen LogP contribution in [-0.4, -0.2) is 15.6 Å². The number of benzene rings is 2. The molecule has 0 saturated carbocycles. The number of aromatic nitrogens is 1. The monoisotopic (exact) mass is 397 g/mol. The standard InChI is InChI=1S/C23H24ClNO3/c1-15-12-13-25(20-8-6-19(24)7-9-20)21(15)14-28-22-10-4-18(5-11-23(26)27)16(2)17(22)3/h4,6-10,12-13H,5,11,14H2,1-3H3,(H,26,27). The van der Waals surface area contributed by atoms with Crippen molar-refractivity contribution >= 4 is 17.6 Å². The maximum Gasteiger partial charge on any atom is 0.303 e. The van der Waals surface area contributed by atoms with E-state index in [1.165, 1.54) is 0 Å². The number of hydrogen-bond acceptors (Lipinski definition) is 2. The summed E-state index contributed by atoms with van der Waals surface area (Å²) < 4.78 is 8.25. The number of carbonyl (C=O) groups is 1. The van der Waals surface area contributed by atoms with Crippen LogP contribution < -0.4 is 4.74 Å². The summed E-state index contributed by atoms with van der Waals surface area (Å²) in [5.41, 5.74) is 6.45. The molecule has 4 nitrogen and oxygen atoms in total. The number of carboxylic acid groups (broad SMARTS) is 1. The van der Waals surface area contributed by atoms with Crippen LogP contribution in [0.5, 0.6) is 5.75 Å². The van der Waals surface area contributed by atoms with E-state index < -0.39 is 5.97 Å². The number of rotatable bonds is 7. The van der Waals surface area contributed by atoms with Gasteiger partial charge in [0, 0.05) is 23.3 Å². The van der Waals surface area contributed by atoms with Crippen molar-refractivity contribution in [1.29, 1.82) is 0 Å². The molecule has 1 aromatic heterocycles. The van der Waals surface area contributed by atoms with E-state index in [-0.39, 0.29) is 6.42 Å². The van der Waals surface area contributed by atoms with Crippen LogP contribution in [0.15, 0.2) is 48.7 Å². The van der Waals surface area contributed by atoms with E-state index in [0.29, 0.717) is 18.1 Å². The topological polar surface area (TPSA) is 51.5 Å². The van der Waals surface area contributed by atoms with Crippen LogP contribution in [0.4, 0.5) is 0 Å². The van der Waals surface area contributed by atoms with Gasteiger partial charge in [-0.25, -0.2) is 0 Å². The third-order valence-electron chi connectivity index (χ3n) is 5.15. The van der Waals surface area contributed by atoms with Crippen LogP contribution in [0, 0.1) is 20.8 Å². The number of aryl methyl sites for hydroxylation is 2. The number of ether oxygens (including phenoxy) is 1. The smallest absolute Gasteiger partial charge is 0.303 e. The Kier molecular flexibility index (Phi) is 6.10. The van der Waals surface area contributed by atoms with Gasteiger partial charge in [-0.15, -0.1) is 0 Å². The predicted molar refractivity (Wildman–Crippen MR) is 112 cm³/mol. The molecular weight excluding hydrogens is 374 g/mol. The molecule has 0 saturated heterocycles. The maximum absolute atomic E-state index is 10.8. The van der Waals surface area contributed by atoms with E-state index in [1.807, 2.05) is 56.4 Å². The zero-order chi connectivity index (χ0) is 20.3. The Morgan fingerprint density at radius 2 is 1.75 bits per heavy atom. The molecule has 0 bridgehead atoms. The number of nitrogens with zero attached hydrogens (tertiary/aromatic N) is 1. The minimum Gasteiger partial charge on any atom is -0.487 e. The second-order valence-corrected chi connectivity index (χ2v) is 7.38. The molecule has 28 heavy (non-hydrogen) atoms. The van der Waals surface area contributed by atoms with Gasteiger partial charge in [-0.1, -0.05) is 17.7 Å². The molecule has 1 N–H and O–H groups in total. The van der Waals surface area contributed by atoms with Gasteiger partial charge in [0.25, 0.3) is 0 Å². The van der Waals surface area contributed by atoms with Gasteiger partial charge < -0.3 is 14.4 Å². The van der Waals surface area contributed by atoms with Crippen molar-refractivity contribution in [2.45, 2.75) is 40.2 Å². The first-order valence-electron chi connectivity index (χ1n) is 9.23. The van der Waals surface area contributed by atoms with Gasteiger partial charge >= 0.3 is 5.97 Å². The second-order valence-electron chi connectivity index (χ2n) is 6.95. The van der Waals surface area contributed by atoms with E-state index in [4.69, 9.17) is 21.4 Å². The van der Waals surface area contributed by atoms with Crippen molar-refractivity contribution in [1.82, 2.24) is 4.57 Å². The Morgan fingerprint density at radius 1 is 1.04 bits per heavy atom. The zero-order valence-corrected chi connectivity index (χ0v) is 17.1. The van der Waals surface area contributed by atoms with Crippen molar-refractivity contribution in [3.63, 3.8) is 0 Å². The van der Waals surface area contributed by atoms with Crippen LogP contribution in [0.2, 0.25) is 5.02 Å². The largest absolute Gasteiger partial charge is 0.487 e. The minimum absolute atomic E-state index is 0.133. The summed E-state index contributed by atoms with van der Waals surface area (Å²) in [6.07, 6.45) is 2.69. The van der Waals surface area contributed by atoms with Crippen molar-refractivity contribution in [2.24, 2.45) is 0 Å². The fraction of sp³-hybridized carbons (Fsp3) is 0.261. The molecule has 0 radical (unpaired) electrons. The molecule has 0 aliphatic carbocycles. The molecule has 146 valence electrons. The molecule has 3 aromatic rings. The van der Waals surface area contributed by atoms with Crippen LogP contribution >= 0.6 is 11.6 Å². The van der Waals surface area contributed by atoms with Crippen LogP contribution in [0.1, 0.15) is 34.4 Å². The lowest BCUT2D eigenvalue weighted by Gasteiger charge is -2.16. The molecule has 3 rings (SSSR count). The van der Waals surface area contributed by atoms with Crippen molar-refractivity contribution in [3.8, 4) is 11.4 Å². The molecule has 2 aromatic carbocycles. The van der Waals surface area contributed by atoms with Gasteiger partial charge in [0.1, 0.15) is 12.4 Å². The molecule has 1 heterocycles. The van der Waals surface area contributed by atoms with Gasteiger partial charge in [0.2, 0.25) is 0 Å². The summed E-state index contributed by atoms with van der Waals surface area (Å²) >= 11 is 6.00. The second kappa shape index (κ2) is 8.53. The van der Waals surface area contributed by atoms with Crippen LogP contribution in [-0.2, 0) is 17.8 Å². The summed E-state index contributed by atoms with van der Waals surface area (Å²) in [7, 11) is 0. The van der Waals surface area contributed by atoms with Gasteiger partial charge in [0.05, 0.1) is 5.69 Å². The summed E-state index contributed by atoms with van der Waals surface area (Å²) in [6, 6.07) is 13.7. The fourth-order valence-electron chi connectivity index (χ4n) is 3.26. The Morgan fingerprint density at radius 3 is 2.43 bits per heavy atom.